The van der Waals surface area contributed by atoms with Crippen LogP contribution in [0, 0.1) is 5.41 Å². The SMILES string of the molecule is COC(=O)C(CC(C)=C=C[Si](C)(C)C)(CC(OC)OC)C(=O)OC. The molecule has 0 rings (SSSR count). The van der Waals surface area contributed by atoms with E-state index in [1.165, 1.54) is 28.4 Å². The number of ether oxygens (including phenoxy) is 4. The van der Waals surface area contributed by atoms with Crippen LogP contribution in [0.5, 0.6) is 0 Å². The number of carbonyl (C=O) groups is 2. The lowest BCUT2D eigenvalue weighted by atomic mass is 9.78. The van der Waals surface area contributed by atoms with Crippen LogP contribution < -0.4 is 0 Å². The van der Waals surface area contributed by atoms with Crippen molar-refractivity contribution in [3.63, 3.8) is 0 Å². The summed E-state index contributed by atoms with van der Waals surface area (Å²) in [4.78, 5) is 24.9. The van der Waals surface area contributed by atoms with Gasteiger partial charge in [0.2, 0.25) is 0 Å². The third-order valence-corrected chi connectivity index (χ3v) is 4.52. The normalized spacial score (nSPS) is 11.7. The van der Waals surface area contributed by atoms with E-state index in [2.05, 4.69) is 25.4 Å². The quantitative estimate of drug-likeness (QED) is 0.207. The number of methoxy groups -OCH3 is 4. The van der Waals surface area contributed by atoms with Gasteiger partial charge in [-0.3, -0.25) is 9.59 Å². The van der Waals surface area contributed by atoms with Crippen LogP contribution in [0.4, 0.5) is 0 Å². The molecule has 0 saturated heterocycles. The van der Waals surface area contributed by atoms with Crippen molar-refractivity contribution >= 4 is 20.0 Å². The van der Waals surface area contributed by atoms with Crippen molar-refractivity contribution in [2.45, 2.75) is 45.7 Å². The summed E-state index contributed by atoms with van der Waals surface area (Å²) >= 11 is 0. The Kier molecular flexibility index (Phi) is 9.21. The van der Waals surface area contributed by atoms with Gasteiger partial charge in [0, 0.05) is 27.1 Å². The summed E-state index contributed by atoms with van der Waals surface area (Å²) in [5.41, 5.74) is 4.46. The first-order chi connectivity index (χ1) is 11.1. The molecule has 138 valence electrons. The topological polar surface area (TPSA) is 71.1 Å². The zero-order valence-corrected chi connectivity index (χ0v) is 17.0. The van der Waals surface area contributed by atoms with E-state index in [0.717, 1.165) is 5.57 Å². The Bertz CT molecular complexity index is 480. The maximum absolute atomic E-state index is 12.5. The van der Waals surface area contributed by atoms with Crippen molar-refractivity contribution < 1.29 is 28.5 Å². The highest BCUT2D eigenvalue weighted by Gasteiger charge is 2.50. The smallest absolute Gasteiger partial charge is 0.323 e. The van der Waals surface area contributed by atoms with Gasteiger partial charge < -0.3 is 18.9 Å². The van der Waals surface area contributed by atoms with Crippen molar-refractivity contribution in [3.8, 4) is 0 Å². The number of hydrogen-bond donors (Lipinski definition) is 0. The molecular weight excluding hydrogens is 328 g/mol. The molecule has 0 unspecified atom stereocenters. The minimum absolute atomic E-state index is 0.00862. The van der Waals surface area contributed by atoms with Gasteiger partial charge in [0.15, 0.2) is 11.7 Å². The molecule has 7 heteroatoms. The Balaban J connectivity index is 5.95. The molecule has 0 spiro atoms. The molecule has 0 aliphatic heterocycles. The summed E-state index contributed by atoms with van der Waals surface area (Å²) in [5, 5.41) is 0. The molecule has 0 amide bonds. The number of rotatable bonds is 9. The molecule has 0 aromatic carbocycles. The molecule has 0 heterocycles. The molecule has 0 saturated carbocycles. The lowest BCUT2D eigenvalue weighted by Crippen LogP contribution is -2.44. The van der Waals surface area contributed by atoms with Crippen LogP contribution in [0.25, 0.3) is 0 Å². The van der Waals surface area contributed by atoms with E-state index in [4.69, 9.17) is 18.9 Å². The third kappa shape index (κ3) is 6.61. The Hall–Kier alpha value is -1.40. The third-order valence-electron chi connectivity index (χ3n) is 3.51. The van der Waals surface area contributed by atoms with Gasteiger partial charge in [-0.05, 0) is 12.5 Å². The fraction of sp³-hybridized carbons (Fsp3) is 0.706. The van der Waals surface area contributed by atoms with Crippen molar-refractivity contribution in [3.05, 3.63) is 17.0 Å². The van der Waals surface area contributed by atoms with E-state index in [0.29, 0.717) is 0 Å². The summed E-state index contributed by atoms with van der Waals surface area (Å²) < 4.78 is 20.1. The van der Waals surface area contributed by atoms with Gasteiger partial charge in [-0.2, -0.15) is 0 Å². The summed E-state index contributed by atoms with van der Waals surface area (Å²) in [6.07, 6.45) is -0.626. The van der Waals surface area contributed by atoms with E-state index in [1.807, 2.05) is 12.6 Å². The second kappa shape index (κ2) is 9.79. The fourth-order valence-electron chi connectivity index (χ4n) is 2.25. The molecule has 0 N–H and O–H groups in total. The largest absolute Gasteiger partial charge is 0.468 e. The van der Waals surface area contributed by atoms with Crippen LogP contribution in [0.3, 0.4) is 0 Å². The number of allylic oxidation sites excluding steroid dienone is 1. The maximum atomic E-state index is 12.5. The fourth-order valence-corrected chi connectivity index (χ4v) is 2.93. The minimum Gasteiger partial charge on any atom is -0.468 e. The molecule has 24 heavy (non-hydrogen) atoms. The Morgan fingerprint density at radius 1 is 1.04 bits per heavy atom. The summed E-state index contributed by atoms with van der Waals surface area (Å²) in [6, 6.07) is 0. The summed E-state index contributed by atoms with van der Waals surface area (Å²) in [6.45, 7) is 8.35. The highest BCUT2D eigenvalue weighted by molar-refractivity contribution is 6.80. The maximum Gasteiger partial charge on any atom is 0.323 e. The van der Waals surface area contributed by atoms with Gasteiger partial charge in [-0.1, -0.05) is 25.3 Å². The standard InChI is InChI=1S/C17H30O6Si/c1-13(9-10-24(6,7)8)11-17(15(18)22-4,16(19)23-5)12-14(20-2)21-3/h10,14H,11-12H2,1-8H3. The van der Waals surface area contributed by atoms with E-state index < -0.39 is 31.7 Å². The highest BCUT2D eigenvalue weighted by Crippen LogP contribution is 2.35. The molecule has 0 aliphatic carbocycles. The molecule has 6 nitrogen and oxygen atoms in total. The summed E-state index contributed by atoms with van der Waals surface area (Å²) in [7, 11) is 3.92. The van der Waals surface area contributed by atoms with Crippen molar-refractivity contribution in [2.24, 2.45) is 5.41 Å². The average molecular weight is 359 g/mol. The van der Waals surface area contributed by atoms with Gasteiger partial charge in [0.25, 0.3) is 0 Å². The predicted octanol–water partition coefficient (Wildman–Crippen LogP) is 2.70. The Labute approximate surface area is 145 Å². The van der Waals surface area contributed by atoms with Crippen molar-refractivity contribution in [2.75, 3.05) is 28.4 Å². The summed E-state index contributed by atoms with van der Waals surface area (Å²) in [5.74, 6) is -1.36. The van der Waals surface area contributed by atoms with Crippen LogP contribution in [0.2, 0.25) is 19.6 Å². The second-order valence-electron chi connectivity index (χ2n) is 6.78. The first-order valence-electron chi connectivity index (χ1n) is 7.72. The molecule has 0 bridgehead atoms. The minimum atomic E-state index is -1.54. The van der Waals surface area contributed by atoms with Crippen molar-refractivity contribution in [1.82, 2.24) is 0 Å². The Morgan fingerprint density at radius 2 is 1.50 bits per heavy atom. The van der Waals surface area contributed by atoms with E-state index in [-0.39, 0.29) is 12.8 Å². The zero-order valence-electron chi connectivity index (χ0n) is 16.0. The Morgan fingerprint density at radius 3 is 1.83 bits per heavy atom. The lowest BCUT2D eigenvalue weighted by Gasteiger charge is -2.30. The van der Waals surface area contributed by atoms with Gasteiger partial charge in [-0.25, -0.2) is 0 Å². The van der Waals surface area contributed by atoms with Gasteiger partial charge in [-0.15, -0.1) is 5.73 Å². The number of esters is 2. The van der Waals surface area contributed by atoms with E-state index >= 15 is 0 Å². The molecule has 0 fully saturated rings. The monoisotopic (exact) mass is 358 g/mol. The molecular formula is C17H30O6Si. The van der Waals surface area contributed by atoms with Crippen LogP contribution in [0.15, 0.2) is 17.0 Å². The molecule has 0 radical (unpaired) electrons. The molecule has 0 aromatic rings. The predicted molar refractivity (Wildman–Crippen MR) is 94.1 cm³/mol. The van der Waals surface area contributed by atoms with E-state index in [9.17, 15) is 9.59 Å². The first kappa shape index (κ1) is 22.6. The lowest BCUT2D eigenvalue weighted by molar-refractivity contribution is -0.182. The highest BCUT2D eigenvalue weighted by atomic mass is 28.3. The van der Waals surface area contributed by atoms with Gasteiger partial charge >= 0.3 is 11.9 Å². The second-order valence-corrected chi connectivity index (χ2v) is 11.8. The molecule has 0 aromatic heterocycles. The van der Waals surface area contributed by atoms with Crippen molar-refractivity contribution in [1.29, 1.82) is 0 Å². The van der Waals surface area contributed by atoms with Gasteiger partial charge in [0.1, 0.15) is 0 Å². The van der Waals surface area contributed by atoms with Crippen LogP contribution in [-0.4, -0.2) is 54.7 Å². The number of hydrogen-bond acceptors (Lipinski definition) is 6. The average Bonchev–Trinajstić information content (AvgIpc) is 2.54. The van der Waals surface area contributed by atoms with Crippen LogP contribution in [-0.2, 0) is 28.5 Å². The molecule has 0 atom stereocenters. The van der Waals surface area contributed by atoms with Crippen LogP contribution >= 0.6 is 0 Å². The van der Waals surface area contributed by atoms with Crippen LogP contribution in [0.1, 0.15) is 19.8 Å². The zero-order chi connectivity index (χ0) is 19.0. The first-order valence-corrected chi connectivity index (χ1v) is 11.3. The number of carbonyl (C=O) groups excluding carboxylic acids is 2. The van der Waals surface area contributed by atoms with Gasteiger partial charge in [0.05, 0.1) is 22.3 Å². The molecule has 0 aliphatic rings. The van der Waals surface area contributed by atoms with E-state index in [1.54, 1.807) is 0 Å².